The molecule has 0 unspecified atom stereocenters. The number of rotatable bonds is 7. The molecule has 2 heterocycles. The average molecular weight is 497 g/mol. The van der Waals surface area contributed by atoms with E-state index in [0.29, 0.717) is 17.6 Å². The molecule has 0 radical (unpaired) electrons. The van der Waals surface area contributed by atoms with Gasteiger partial charge in [-0.25, -0.2) is 15.0 Å². The Balaban J connectivity index is 1.18. The van der Waals surface area contributed by atoms with Crippen LogP contribution in [0.3, 0.4) is 0 Å². The number of carbonyl (C=O) groups is 1. The van der Waals surface area contributed by atoms with Gasteiger partial charge in [0, 0.05) is 23.9 Å². The summed E-state index contributed by atoms with van der Waals surface area (Å²) < 4.78 is 12.7. The Kier molecular flexibility index (Phi) is 6.85. The van der Waals surface area contributed by atoms with E-state index >= 15 is 0 Å². The summed E-state index contributed by atoms with van der Waals surface area (Å²) >= 11 is 1.46. The lowest BCUT2D eigenvalue weighted by molar-refractivity contribution is -0.140. The number of aliphatic hydroxyl groups is 1. The van der Waals surface area contributed by atoms with Crippen LogP contribution in [0.5, 0.6) is 0 Å². The topological polar surface area (TPSA) is 106 Å². The summed E-state index contributed by atoms with van der Waals surface area (Å²) in [6.45, 7) is 6.40. The minimum Gasteiger partial charge on any atom is -0.390 e. The van der Waals surface area contributed by atoms with E-state index < -0.39 is 0 Å². The van der Waals surface area contributed by atoms with Crippen molar-refractivity contribution in [3.8, 4) is 11.1 Å². The quantitative estimate of drug-likeness (QED) is 0.488. The van der Waals surface area contributed by atoms with E-state index in [1.807, 2.05) is 39.0 Å². The third kappa shape index (κ3) is 5.86. The molecular formula is C26H32N4O4S. The van der Waals surface area contributed by atoms with Gasteiger partial charge >= 0.3 is 0 Å². The molecule has 1 amide bonds. The van der Waals surface area contributed by atoms with Crippen molar-refractivity contribution in [2.75, 3.05) is 5.32 Å². The number of aliphatic hydroxyl groups excluding tert-OH is 1. The number of carbonyl (C=O) groups excluding carboxylic acids is 1. The third-order valence-electron chi connectivity index (χ3n) is 6.49. The summed E-state index contributed by atoms with van der Waals surface area (Å²) in [7, 11) is 0. The van der Waals surface area contributed by atoms with E-state index in [1.165, 1.54) is 11.3 Å². The van der Waals surface area contributed by atoms with Crippen LogP contribution in [-0.4, -0.2) is 49.9 Å². The summed E-state index contributed by atoms with van der Waals surface area (Å²) in [6.07, 6.45) is 7.38. The molecule has 2 aliphatic rings. The maximum atomic E-state index is 12.6. The number of anilines is 1. The van der Waals surface area contributed by atoms with Gasteiger partial charge in [-0.15, -0.1) is 0 Å². The minimum atomic E-state index is -0.386. The van der Waals surface area contributed by atoms with Crippen LogP contribution in [0.2, 0.25) is 0 Å². The Hall–Kier alpha value is -2.46. The van der Waals surface area contributed by atoms with Gasteiger partial charge in [0.05, 0.1) is 34.1 Å². The van der Waals surface area contributed by atoms with Crippen LogP contribution in [0.25, 0.3) is 21.3 Å². The summed E-state index contributed by atoms with van der Waals surface area (Å²) in [5, 5.41) is 13.5. The molecule has 1 aromatic carbocycles. The highest BCUT2D eigenvalue weighted by molar-refractivity contribution is 7.22. The predicted molar refractivity (Wildman–Crippen MR) is 135 cm³/mol. The first-order valence-electron chi connectivity index (χ1n) is 12.2. The van der Waals surface area contributed by atoms with Crippen LogP contribution in [0.15, 0.2) is 30.6 Å². The van der Waals surface area contributed by atoms with E-state index in [0.717, 1.165) is 53.4 Å². The van der Waals surface area contributed by atoms with Gasteiger partial charge in [-0.3, -0.25) is 4.79 Å². The second kappa shape index (κ2) is 9.89. The Labute approximate surface area is 209 Å². The zero-order valence-corrected chi connectivity index (χ0v) is 21.2. The molecule has 2 aliphatic carbocycles. The van der Waals surface area contributed by atoms with Gasteiger partial charge in [-0.2, -0.15) is 0 Å². The monoisotopic (exact) mass is 496 g/mol. The fourth-order valence-electron chi connectivity index (χ4n) is 4.60. The fourth-order valence-corrected chi connectivity index (χ4v) is 5.51. The average Bonchev–Trinajstić information content (AvgIpc) is 3.38. The predicted octanol–water partition coefficient (Wildman–Crippen LogP) is 4.72. The first-order chi connectivity index (χ1) is 16.7. The largest absolute Gasteiger partial charge is 0.390 e. The molecule has 0 saturated heterocycles. The number of ether oxygens (including phenoxy) is 2. The number of fused-ring (bicyclic) bond motifs is 1. The number of hydrogen-bond donors (Lipinski definition) is 2. The Morgan fingerprint density at radius 1 is 1.17 bits per heavy atom. The number of thiazole rings is 1. The lowest BCUT2D eigenvalue weighted by Gasteiger charge is -2.38. The maximum absolute atomic E-state index is 12.6. The van der Waals surface area contributed by atoms with Crippen molar-refractivity contribution in [2.24, 2.45) is 5.92 Å². The molecule has 0 aliphatic heterocycles. The van der Waals surface area contributed by atoms with Crippen LogP contribution >= 0.6 is 11.3 Å². The van der Waals surface area contributed by atoms with E-state index in [1.54, 1.807) is 12.4 Å². The van der Waals surface area contributed by atoms with Gasteiger partial charge < -0.3 is 19.9 Å². The van der Waals surface area contributed by atoms with Crippen LogP contribution < -0.4 is 5.32 Å². The van der Waals surface area contributed by atoms with Gasteiger partial charge in [0.15, 0.2) is 11.0 Å². The highest BCUT2D eigenvalue weighted by Gasteiger charge is 2.37. The minimum absolute atomic E-state index is 0.00868. The molecular weight excluding hydrogens is 464 g/mol. The fraction of sp³-hybridized carbons (Fsp3) is 0.538. The molecule has 2 aromatic heterocycles. The summed E-state index contributed by atoms with van der Waals surface area (Å²) in [5.41, 5.74) is 2.54. The SMILES string of the molecule is CC(C)(C)O[C@H]1C[C@@H](C(=O)Nc2nc3ccc(-c4cnc(CO[C@H]5CCC[C@@H]5O)nc4)cc3s2)C1. The van der Waals surface area contributed by atoms with Gasteiger partial charge in [0.1, 0.15) is 6.61 Å². The molecule has 5 rings (SSSR count). The van der Waals surface area contributed by atoms with Gasteiger partial charge in [0.25, 0.3) is 0 Å². The molecule has 2 fully saturated rings. The Morgan fingerprint density at radius 2 is 1.94 bits per heavy atom. The first kappa shape index (κ1) is 24.2. The lowest BCUT2D eigenvalue weighted by atomic mass is 9.81. The molecule has 8 nitrogen and oxygen atoms in total. The summed E-state index contributed by atoms with van der Waals surface area (Å²) in [6, 6.07) is 5.98. The van der Waals surface area contributed by atoms with E-state index in [-0.39, 0.29) is 35.7 Å². The molecule has 186 valence electrons. The number of benzene rings is 1. The number of nitrogens with zero attached hydrogens (tertiary/aromatic N) is 3. The standard InChI is InChI=1S/C26H32N4O4S/c1-26(2,3)34-18-9-16(10-18)24(32)30-25-29-19-8-7-15(11-22(19)35-25)17-12-27-23(28-13-17)14-33-21-6-4-5-20(21)31/h7-8,11-13,16,18,20-21,31H,4-6,9-10,14H2,1-3H3,(H,29,30,32)/t16-,18+,20-,21-/m0/s1. The highest BCUT2D eigenvalue weighted by atomic mass is 32.1. The lowest BCUT2D eigenvalue weighted by Crippen LogP contribution is -2.42. The normalized spacial score (nSPS) is 24.5. The maximum Gasteiger partial charge on any atom is 0.229 e. The van der Waals surface area contributed by atoms with Crippen molar-refractivity contribution in [3.05, 3.63) is 36.4 Å². The summed E-state index contributed by atoms with van der Waals surface area (Å²) in [4.78, 5) is 26.1. The van der Waals surface area contributed by atoms with Crippen molar-refractivity contribution in [1.29, 1.82) is 0 Å². The molecule has 0 spiro atoms. The van der Waals surface area contributed by atoms with Gasteiger partial charge in [-0.1, -0.05) is 17.4 Å². The van der Waals surface area contributed by atoms with Crippen LogP contribution in [0.4, 0.5) is 5.13 Å². The van der Waals surface area contributed by atoms with Crippen LogP contribution in [0.1, 0.15) is 58.7 Å². The molecule has 2 N–H and O–H groups in total. The van der Waals surface area contributed by atoms with Crippen molar-refractivity contribution in [1.82, 2.24) is 15.0 Å². The highest BCUT2D eigenvalue weighted by Crippen LogP contribution is 2.35. The first-order valence-corrected chi connectivity index (χ1v) is 13.1. The van der Waals surface area contributed by atoms with E-state index in [9.17, 15) is 9.90 Å². The Bertz CT molecular complexity index is 1180. The van der Waals surface area contributed by atoms with E-state index in [2.05, 4.69) is 20.3 Å². The molecule has 2 saturated carbocycles. The number of amides is 1. The Morgan fingerprint density at radius 3 is 2.63 bits per heavy atom. The van der Waals surface area contributed by atoms with Crippen molar-refractivity contribution < 1.29 is 19.4 Å². The second-order valence-corrected chi connectivity index (χ2v) is 11.5. The van der Waals surface area contributed by atoms with Gasteiger partial charge in [0.2, 0.25) is 5.91 Å². The second-order valence-electron chi connectivity index (χ2n) is 10.4. The summed E-state index contributed by atoms with van der Waals surface area (Å²) in [5.74, 6) is 0.582. The molecule has 3 aromatic rings. The molecule has 35 heavy (non-hydrogen) atoms. The third-order valence-corrected chi connectivity index (χ3v) is 7.42. The van der Waals surface area contributed by atoms with Crippen molar-refractivity contribution in [3.63, 3.8) is 0 Å². The molecule has 0 bridgehead atoms. The number of nitrogens with one attached hydrogen (secondary N) is 1. The van der Waals surface area contributed by atoms with Gasteiger partial charge in [-0.05, 0) is 70.6 Å². The van der Waals surface area contributed by atoms with Crippen LogP contribution in [0, 0.1) is 5.92 Å². The zero-order valence-electron chi connectivity index (χ0n) is 20.4. The van der Waals surface area contributed by atoms with Crippen molar-refractivity contribution in [2.45, 2.75) is 83.4 Å². The number of aromatic nitrogens is 3. The van der Waals surface area contributed by atoms with Crippen molar-refractivity contribution >= 4 is 32.6 Å². The molecule has 9 heteroatoms. The van der Waals surface area contributed by atoms with E-state index in [4.69, 9.17) is 9.47 Å². The van der Waals surface area contributed by atoms with Crippen LogP contribution in [-0.2, 0) is 20.9 Å². The zero-order chi connectivity index (χ0) is 24.6. The smallest absolute Gasteiger partial charge is 0.229 e. The molecule has 2 atom stereocenters. The number of hydrogen-bond acceptors (Lipinski definition) is 8.